The van der Waals surface area contributed by atoms with Gasteiger partial charge in [0.1, 0.15) is 11.6 Å². The Labute approximate surface area is 138 Å². The van der Waals surface area contributed by atoms with Crippen LogP contribution in [-0.4, -0.2) is 18.4 Å². The van der Waals surface area contributed by atoms with E-state index in [0.717, 1.165) is 24.3 Å². The molecule has 0 saturated heterocycles. The number of hydrogen-bond donors (Lipinski definition) is 1. The molecule has 0 aliphatic rings. The molecule has 24 heavy (non-hydrogen) atoms. The van der Waals surface area contributed by atoms with Crippen LogP contribution in [-0.2, 0) is 0 Å². The summed E-state index contributed by atoms with van der Waals surface area (Å²) in [4.78, 5) is 12.0. The van der Waals surface area contributed by atoms with E-state index in [9.17, 15) is 26.7 Å². The summed E-state index contributed by atoms with van der Waals surface area (Å²) in [5, 5.41) is 2.32. The maximum absolute atomic E-state index is 13.6. The smallest absolute Gasteiger partial charge is 0.428 e. The predicted molar refractivity (Wildman–Crippen MR) is 77.4 cm³/mol. The van der Waals surface area contributed by atoms with Crippen molar-refractivity contribution in [3.8, 4) is 5.75 Å². The van der Waals surface area contributed by atoms with Gasteiger partial charge in [-0.3, -0.25) is 4.79 Å². The predicted octanol–water partition coefficient (Wildman–Crippen LogP) is 4.97. The standard InChI is InChI=1S/C15H9ClF5NO2/c16-9-4-5-12(11(17)7-9)22-13(23)8-2-1-3-10(6-8)24-15(20,21)14(18)19/h1-7,14H,(H,22,23). The zero-order chi connectivity index (χ0) is 17.9. The van der Waals surface area contributed by atoms with Crippen molar-refractivity contribution >= 4 is 23.2 Å². The van der Waals surface area contributed by atoms with Crippen LogP contribution in [0.1, 0.15) is 10.4 Å². The third kappa shape index (κ3) is 4.35. The van der Waals surface area contributed by atoms with Gasteiger partial charge in [-0.25, -0.2) is 4.39 Å². The zero-order valence-corrected chi connectivity index (χ0v) is 12.5. The molecule has 2 aromatic carbocycles. The van der Waals surface area contributed by atoms with E-state index in [-0.39, 0.29) is 16.3 Å². The fourth-order valence-electron chi connectivity index (χ4n) is 1.69. The molecular weight excluding hydrogens is 357 g/mol. The molecule has 0 atom stereocenters. The van der Waals surface area contributed by atoms with Gasteiger partial charge in [-0.05, 0) is 36.4 Å². The third-order valence-electron chi connectivity index (χ3n) is 2.78. The van der Waals surface area contributed by atoms with Crippen LogP contribution in [0.25, 0.3) is 0 Å². The average Bonchev–Trinajstić information content (AvgIpc) is 2.49. The van der Waals surface area contributed by atoms with Crippen molar-refractivity contribution in [2.75, 3.05) is 5.32 Å². The van der Waals surface area contributed by atoms with Crippen molar-refractivity contribution < 1.29 is 31.5 Å². The van der Waals surface area contributed by atoms with E-state index < -0.39 is 30.0 Å². The van der Waals surface area contributed by atoms with Gasteiger partial charge < -0.3 is 10.1 Å². The van der Waals surface area contributed by atoms with Crippen molar-refractivity contribution in [1.82, 2.24) is 0 Å². The summed E-state index contributed by atoms with van der Waals surface area (Å²) < 4.78 is 67.5. The normalized spacial score (nSPS) is 11.5. The fourth-order valence-corrected chi connectivity index (χ4v) is 1.85. The number of rotatable bonds is 5. The Bertz CT molecular complexity index is 754. The molecule has 128 valence electrons. The van der Waals surface area contributed by atoms with E-state index >= 15 is 0 Å². The summed E-state index contributed by atoms with van der Waals surface area (Å²) in [5.41, 5.74) is -0.374. The Morgan fingerprint density at radius 1 is 1.17 bits per heavy atom. The minimum absolute atomic E-state index is 0.120. The van der Waals surface area contributed by atoms with Crippen LogP contribution in [0.5, 0.6) is 5.75 Å². The lowest BCUT2D eigenvalue weighted by atomic mass is 10.2. The number of halogens is 6. The quantitative estimate of drug-likeness (QED) is 0.760. The molecule has 9 heteroatoms. The highest BCUT2D eigenvalue weighted by Gasteiger charge is 2.44. The van der Waals surface area contributed by atoms with Gasteiger partial charge in [0.25, 0.3) is 5.91 Å². The van der Waals surface area contributed by atoms with Crippen LogP contribution in [0.3, 0.4) is 0 Å². The molecule has 0 aliphatic heterocycles. The summed E-state index contributed by atoms with van der Waals surface area (Å²) in [6, 6.07) is 7.71. The minimum Gasteiger partial charge on any atom is -0.428 e. The Hall–Kier alpha value is -2.35. The lowest BCUT2D eigenvalue weighted by Gasteiger charge is -2.17. The lowest BCUT2D eigenvalue weighted by molar-refractivity contribution is -0.253. The van der Waals surface area contributed by atoms with E-state index in [1.165, 1.54) is 18.2 Å². The number of anilines is 1. The summed E-state index contributed by atoms with van der Waals surface area (Å²) in [5.74, 6) is -2.28. The van der Waals surface area contributed by atoms with E-state index in [4.69, 9.17) is 11.6 Å². The van der Waals surface area contributed by atoms with Crippen molar-refractivity contribution in [2.24, 2.45) is 0 Å². The first-order valence-electron chi connectivity index (χ1n) is 6.40. The molecule has 0 aliphatic carbocycles. The van der Waals surface area contributed by atoms with Crippen LogP contribution < -0.4 is 10.1 Å². The molecule has 0 saturated carbocycles. The second-order valence-corrected chi connectivity index (χ2v) is 5.01. The molecule has 0 unspecified atom stereocenters. The van der Waals surface area contributed by atoms with Crippen molar-refractivity contribution in [1.29, 1.82) is 0 Å². The Morgan fingerprint density at radius 3 is 2.50 bits per heavy atom. The van der Waals surface area contributed by atoms with E-state index in [2.05, 4.69) is 10.1 Å². The summed E-state index contributed by atoms with van der Waals surface area (Å²) in [6.07, 6.45) is -8.73. The minimum atomic E-state index is -4.70. The fraction of sp³-hybridized carbons (Fsp3) is 0.133. The number of alkyl halides is 4. The second kappa shape index (κ2) is 7.04. The van der Waals surface area contributed by atoms with Gasteiger partial charge in [0.05, 0.1) is 5.69 Å². The van der Waals surface area contributed by atoms with Gasteiger partial charge in [-0.1, -0.05) is 17.7 Å². The van der Waals surface area contributed by atoms with E-state index in [1.54, 1.807) is 0 Å². The van der Waals surface area contributed by atoms with Crippen LogP contribution in [0.15, 0.2) is 42.5 Å². The van der Waals surface area contributed by atoms with Gasteiger partial charge in [0.2, 0.25) is 0 Å². The van der Waals surface area contributed by atoms with Crippen LogP contribution in [0.4, 0.5) is 27.6 Å². The van der Waals surface area contributed by atoms with E-state index in [0.29, 0.717) is 0 Å². The maximum atomic E-state index is 13.6. The summed E-state index contributed by atoms with van der Waals surface area (Å²) in [7, 11) is 0. The van der Waals surface area contributed by atoms with Crippen molar-refractivity contribution in [2.45, 2.75) is 12.5 Å². The topological polar surface area (TPSA) is 38.3 Å². The van der Waals surface area contributed by atoms with Crippen molar-refractivity contribution in [3.63, 3.8) is 0 Å². The van der Waals surface area contributed by atoms with E-state index in [1.807, 2.05) is 0 Å². The number of amides is 1. The number of carbonyl (C=O) groups is 1. The first-order chi connectivity index (χ1) is 11.2. The first-order valence-corrected chi connectivity index (χ1v) is 6.78. The number of benzene rings is 2. The molecule has 1 amide bonds. The maximum Gasteiger partial charge on any atom is 0.461 e. The lowest BCUT2D eigenvalue weighted by Crippen LogP contribution is -2.33. The van der Waals surface area contributed by atoms with Gasteiger partial charge in [-0.15, -0.1) is 0 Å². The summed E-state index contributed by atoms with van der Waals surface area (Å²) >= 11 is 5.58. The summed E-state index contributed by atoms with van der Waals surface area (Å²) in [6.45, 7) is 0. The number of carbonyl (C=O) groups excluding carboxylic acids is 1. The first kappa shape index (κ1) is 18.0. The monoisotopic (exact) mass is 365 g/mol. The van der Waals surface area contributed by atoms with Gasteiger partial charge in [0, 0.05) is 10.6 Å². The number of ether oxygens (including phenoxy) is 1. The molecule has 0 aromatic heterocycles. The number of hydrogen-bond acceptors (Lipinski definition) is 2. The van der Waals surface area contributed by atoms with Crippen LogP contribution in [0.2, 0.25) is 5.02 Å². The van der Waals surface area contributed by atoms with Gasteiger partial charge >= 0.3 is 12.5 Å². The Balaban J connectivity index is 2.17. The third-order valence-corrected chi connectivity index (χ3v) is 3.02. The highest BCUT2D eigenvalue weighted by atomic mass is 35.5. The van der Waals surface area contributed by atoms with Crippen molar-refractivity contribution in [3.05, 3.63) is 58.9 Å². The van der Waals surface area contributed by atoms with Gasteiger partial charge in [-0.2, -0.15) is 17.6 Å². The average molecular weight is 366 g/mol. The SMILES string of the molecule is O=C(Nc1ccc(Cl)cc1F)c1cccc(OC(F)(F)C(F)F)c1. The molecule has 0 fully saturated rings. The number of nitrogens with one attached hydrogen (secondary N) is 1. The highest BCUT2D eigenvalue weighted by molar-refractivity contribution is 6.30. The molecule has 0 radical (unpaired) electrons. The molecule has 0 heterocycles. The zero-order valence-electron chi connectivity index (χ0n) is 11.7. The molecule has 0 spiro atoms. The largest absolute Gasteiger partial charge is 0.461 e. The van der Waals surface area contributed by atoms with Gasteiger partial charge in [0.15, 0.2) is 0 Å². The van der Waals surface area contributed by atoms with Crippen LogP contribution in [0, 0.1) is 5.82 Å². The molecule has 0 bridgehead atoms. The molecule has 3 nitrogen and oxygen atoms in total. The highest BCUT2D eigenvalue weighted by Crippen LogP contribution is 2.28. The molecule has 2 rings (SSSR count). The Morgan fingerprint density at radius 2 is 1.88 bits per heavy atom. The molecule has 2 aromatic rings. The molecule has 1 N–H and O–H groups in total. The second-order valence-electron chi connectivity index (χ2n) is 4.57. The van der Waals surface area contributed by atoms with Crippen LogP contribution >= 0.6 is 11.6 Å². The molecular formula is C15H9ClF5NO2. The Kier molecular flexibility index (Phi) is 5.28.